The average molecular weight is 415 g/mol. The third-order valence-electron chi connectivity index (χ3n) is 4.72. The predicted molar refractivity (Wildman–Crippen MR) is 118 cm³/mol. The van der Waals surface area contributed by atoms with E-state index in [2.05, 4.69) is 10.4 Å². The van der Waals surface area contributed by atoms with Gasteiger partial charge >= 0.3 is 0 Å². The number of aryl methyl sites for hydroxylation is 1. The number of ether oxygens (including phenoxy) is 1. The molecule has 156 valence electrons. The van der Waals surface area contributed by atoms with Gasteiger partial charge in [0.2, 0.25) is 0 Å². The van der Waals surface area contributed by atoms with Crippen LogP contribution in [0.25, 0.3) is 22.3 Å². The van der Waals surface area contributed by atoms with Gasteiger partial charge in [-0.1, -0.05) is 30.3 Å². The molecule has 2 aromatic carbocycles. The Balaban J connectivity index is 1.65. The van der Waals surface area contributed by atoms with Gasteiger partial charge in [0, 0.05) is 17.8 Å². The number of anilines is 1. The van der Waals surface area contributed by atoms with E-state index in [1.54, 1.807) is 41.2 Å². The smallest absolute Gasteiger partial charge is 0.256 e. The fourth-order valence-corrected chi connectivity index (χ4v) is 3.21. The quantitative estimate of drug-likeness (QED) is 0.481. The van der Waals surface area contributed by atoms with Crippen molar-refractivity contribution in [1.82, 2.24) is 14.8 Å². The molecule has 0 atom stereocenters. The third-order valence-corrected chi connectivity index (χ3v) is 4.72. The largest absolute Gasteiger partial charge is 0.484 e. The maximum atomic E-state index is 13.1. The van der Waals surface area contributed by atoms with Gasteiger partial charge in [0.05, 0.1) is 22.8 Å². The zero-order valence-corrected chi connectivity index (χ0v) is 16.9. The number of amides is 2. The second-order valence-electron chi connectivity index (χ2n) is 6.85. The highest BCUT2D eigenvalue weighted by Gasteiger charge is 2.17. The van der Waals surface area contributed by atoms with Gasteiger partial charge < -0.3 is 15.8 Å². The molecule has 0 saturated heterocycles. The van der Waals surface area contributed by atoms with Crippen LogP contribution in [0, 0.1) is 0 Å². The van der Waals surface area contributed by atoms with Crippen LogP contribution in [0.15, 0.2) is 66.9 Å². The highest BCUT2D eigenvalue weighted by Crippen LogP contribution is 2.26. The first-order valence-corrected chi connectivity index (χ1v) is 9.79. The lowest BCUT2D eigenvalue weighted by Crippen LogP contribution is -2.20. The Hall–Kier alpha value is -4.20. The molecule has 0 aliphatic carbocycles. The lowest BCUT2D eigenvalue weighted by atomic mass is 10.1. The zero-order valence-electron chi connectivity index (χ0n) is 16.9. The minimum absolute atomic E-state index is 0.204. The lowest BCUT2D eigenvalue weighted by molar-refractivity contribution is -0.119. The van der Waals surface area contributed by atoms with Gasteiger partial charge in [-0.05, 0) is 37.3 Å². The summed E-state index contributed by atoms with van der Waals surface area (Å²) in [5.74, 6) is -0.342. The van der Waals surface area contributed by atoms with Crippen LogP contribution in [0.4, 0.5) is 5.69 Å². The van der Waals surface area contributed by atoms with Crippen LogP contribution in [-0.2, 0) is 11.3 Å². The van der Waals surface area contributed by atoms with Crippen molar-refractivity contribution in [2.75, 3.05) is 11.9 Å². The molecule has 2 aromatic heterocycles. The van der Waals surface area contributed by atoms with E-state index in [0.717, 1.165) is 5.56 Å². The standard InChI is InChI=1S/C23H21N5O3/c1-2-28-22-19(13-25-28)18(12-20(27-22)15-6-4-3-5-7-15)23(30)26-16-8-10-17(11-9-16)31-14-21(24)29/h3-13H,2,14H2,1H3,(H2,24,29)(H,26,30). The van der Waals surface area contributed by atoms with Crippen LogP contribution >= 0.6 is 0 Å². The number of aromatic nitrogens is 3. The van der Waals surface area contributed by atoms with E-state index in [1.807, 2.05) is 37.3 Å². The summed E-state index contributed by atoms with van der Waals surface area (Å²) >= 11 is 0. The van der Waals surface area contributed by atoms with Gasteiger partial charge in [0.15, 0.2) is 12.3 Å². The van der Waals surface area contributed by atoms with Gasteiger partial charge in [-0.25, -0.2) is 9.67 Å². The number of nitrogens with zero attached hydrogens (tertiary/aromatic N) is 3. The monoisotopic (exact) mass is 415 g/mol. The number of primary amides is 1. The molecular formula is C23H21N5O3. The third kappa shape index (κ3) is 4.37. The summed E-state index contributed by atoms with van der Waals surface area (Å²) in [7, 11) is 0. The summed E-state index contributed by atoms with van der Waals surface area (Å²) in [6.45, 7) is 2.41. The number of carbonyl (C=O) groups is 2. The fourth-order valence-electron chi connectivity index (χ4n) is 3.21. The molecule has 8 nitrogen and oxygen atoms in total. The number of rotatable bonds is 7. The molecule has 0 bridgehead atoms. The Morgan fingerprint density at radius 1 is 1.10 bits per heavy atom. The molecule has 0 aliphatic heterocycles. The van der Waals surface area contributed by atoms with Gasteiger partial charge in [-0.15, -0.1) is 0 Å². The van der Waals surface area contributed by atoms with Crippen molar-refractivity contribution in [1.29, 1.82) is 0 Å². The second-order valence-corrected chi connectivity index (χ2v) is 6.85. The molecule has 31 heavy (non-hydrogen) atoms. The van der Waals surface area contributed by atoms with Crippen molar-refractivity contribution in [3.63, 3.8) is 0 Å². The van der Waals surface area contributed by atoms with Crippen LogP contribution in [0.5, 0.6) is 5.75 Å². The molecule has 0 spiro atoms. The first kappa shape index (κ1) is 20.1. The van der Waals surface area contributed by atoms with E-state index in [4.69, 9.17) is 15.5 Å². The zero-order chi connectivity index (χ0) is 21.8. The van der Waals surface area contributed by atoms with Gasteiger partial charge in [-0.2, -0.15) is 5.10 Å². The van der Waals surface area contributed by atoms with Crippen LogP contribution in [-0.4, -0.2) is 33.2 Å². The fraction of sp³-hybridized carbons (Fsp3) is 0.130. The lowest BCUT2D eigenvalue weighted by Gasteiger charge is -2.10. The topological polar surface area (TPSA) is 112 Å². The average Bonchev–Trinajstić information content (AvgIpc) is 3.21. The van der Waals surface area contributed by atoms with E-state index < -0.39 is 5.91 Å². The predicted octanol–water partition coefficient (Wildman–Crippen LogP) is 3.23. The van der Waals surface area contributed by atoms with E-state index in [0.29, 0.717) is 40.3 Å². The summed E-state index contributed by atoms with van der Waals surface area (Å²) < 4.78 is 7.01. The van der Waals surface area contributed by atoms with Crippen molar-refractivity contribution in [2.24, 2.45) is 5.73 Å². The number of carbonyl (C=O) groups excluding carboxylic acids is 2. The number of hydrogen-bond acceptors (Lipinski definition) is 5. The molecule has 2 amide bonds. The summed E-state index contributed by atoms with van der Waals surface area (Å²) in [6, 6.07) is 18.2. The molecule has 0 radical (unpaired) electrons. The Morgan fingerprint density at radius 3 is 2.52 bits per heavy atom. The number of pyridine rings is 1. The summed E-state index contributed by atoms with van der Waals surface area (Å²) in [5.41, 5.74) is 8.42. The van der Waals surface area contributed by atoms with Crippen molar-refractivity contribution < 1.29 is 14.3 Å². The molecule has 8 heteroatoms. The minimum Gasteiger partial charge on any atom is -0.484 e. The molecule has 4 rings (SSSR count). The van der Waals surface area contributed by atoms with E-state index in [1.165, 1.54) is 0 Å². The summed E-state index contributed by atoms with van der Waals surface area (Å²) in [5, 5.41) is 7.94. The first-order chi connectivity index (χ1) is 15.0. The Bertz CT molecular complexity index is 1230. The molecule has 2 heterocycles. The Labute approximate surface area is 178 Å². The van der Waals surface area contributed by atoms with Crippen molar-refractivity contribution in [2.45, 2.75) is 13.5 Å². The van der Waals surface area contributed by atoms with Crippen molar-refractivity contribution in [3.8, 4) is 17.0 Å². The molecular weight excluding hydrogens is 394 g/mol. The molecule has 0 unspecified atom stereocenters. The number of nitrogens with one attached hydrogen (secondary N) is 1. The SMILES string of the molecule is CCn1ncc2c(C(=O)Nc3ccc(OCC(N)=O)cc3)cc(-c3ccccc3)nc21. The van der Waals surface area contributed by atoms with E-state index >= 15 is 0 Å². The number of benzene rings is 2. The highest BCUT2D eigenvalue weighted by atomic mass is 16.5. The van der Waals surface area contributed by atoms with Crippen LogP contribution in [0.1, 0.15) is 17.3 Å². The molecule has 0 saturated carbocycles. The minimum atomic E-state index is -0.555. The normalized spacial score (nSPS) is 10.7. The number of fused-ring (bicyclic) bond motifs is 1. The maximum absolute atomic E-state index is 13.1. The molecule has 0 fully saturated rings. The van der Waals surface area contributed by atoms with Crippen molar-refractivity contribution >= 4 is 28.5 Å². The first-order valence-electron chi connectivity index (χ1n) is 9.79. The van der Waals surface area contributed by atoms with Gasteiger partial charge in [0.25, 0.3) is 11.8 Å². The summed E-state index contributed by atoms with van der Waals surface area (Å²) in [4.78, 5) is 28.7. The maximum Gasteiger partial charge on any atom is 0.256 e. The Kier molecular flexibility index (Phi) is 5.61. The molecule has 3 N–H and O–H groups in total. The number of nitrogens with two attached hydrogens (primary N) is 1. The molecule has 4 aromatic rings. The van der Waals surface area contributed by atoms with Gasteiger partial charge in [-0.3, -0.25) is 9.59 Å². The second kappa shape index (κ2) is 8.66. The van der Waals surface area contributed by atoms with Crippen molar-refractivity contribution in [3.05, 3.63) is 72.4 Å². The van der Waals surface area contributed by atoms with Crippen LogP contribution in [0.3, 0.4) is 0 Å². The Morgan fingerprint density at radius 2 is 1.84 bits per heavy atom. The van der Waals surface area contributed by atoms with Crippen LogP contribution in [0.2, 0.25) is 0 Å². The van der Waals surface area contributed by atoms with E-state index in [-0.39, 0.29) is 12.5 Å². The van der Waals surface area contributed by atoms with Gasteiger partial charge in [0.1, 0.15) is 5.75 Å². The molecule has 0 aliphatic rings. The van der Waals surface area contributed by atoms with E-state index in [9.17, 15) is 9.59 Å². The summed E-state index contributed by atoms with van der Waals surface area (Å²) in [6.07, 6.45) is 1.66. The van der Waals surface area contributed by atoms with Crippen LogP contribution < -0.4 is 15.8 Å². The highest BCUT2D eigenvalue weighted by molar-refractivity contribution is 6.12. The number of hydrogen-bond donors (Lipinski definition) is 2.